The van der Waals surface area contributed by atoms with E-state index < -0.39 is 4.87 Å². The van der Waals surface area contributed by atoms with Crippen LogP contribution in [-0.4, -0.2) is 29.0 Å². The second-order valence-electron chi connectivity index (χ2n) is 8.35. The summed E-state index contributed by atoms with van der Waals surface area (Å²) in [6, 6.07) is 21.2. The van der Waals surface area contributed by atoms with Crippen LogP contribution in [0.25, 0.3) is 0 Å². The number of benzene rings is 3. The highest BCUT2D eigenvalue weighted by Gasteiger charge is 2.59. The first-order valence-electron chi connectivity index (χ1n) is 10.6. The Labute approximate surface area is 197 Å². The lowest BCUT2D eigenvalue weighted by Gasteiger charge is -2.33. The van der Waals surface area contributed by atoms with Gasteiger partial charge in [-0.1, -0.05) is 59.1 Å². The fourth-order valence-corrected chi connectivity index (χ4v) is 6.09. The molecule has 2 aliphatic heterocycles. The van der Waals surface area contributed by atoms with Crippen LogP contribution in [0.1, 0.15) is 32.6 Å². The first-order chi connectivity index (χ1) is 15.4. The number of carbonyl (C=O) groups excluding carboxylic acids is 2. The van der Waals surface area contributed by atoms with Crippen LogP contribution in [-0.2, 0) is 16.2 Å². The maximum absolute atomic E-state index is 14.1. The molecule has 2 aliphatic rings. The Hall–Kier alpha value is -2.76. The molecular weight excluding hydrogens is 440 g/mol. The fraction of sp³-hybridized carbons (Fsp3) is 0.231. The van der Waals surface area contributed by atoms with Crippen LogP contribution >= 0.6 is 23.4 Å². The molecule has 0 radical (unpaired) electrons. The lowest BCUT2D eigenvalue weighted by molar-refractivity contribution is -0.123. The summed E-state index contributed by atoms with van der Waals surface area (Å²) in [5.41, 5.74) is 5.63. The van der Waals surface area contributed by atoms with E-state index in [1.165, 1.54) is 5.56 Å². The van der Waals surface area contributed by atoms with Crippen molar-refractivity contribution in [1.82, 2.24) is 4.90 Å². The van der Waals surface area contributed by atoms with Gasteiger partial charge in [-0.05, 0) is 49.7 Å². The maximum atomic E-state index is 14.1. The number of halogens is 1. The number of anilines is 1. The van der Waals surface area contributed by atoms with Crippen LogP contribution in [0, 0.1) is 13.8 Å². The molecule has 32 heavy (non-hydrogen) atoms. The Bertz CT molecular complexity index is 1210. The molecule has 3 aromatic carbocycles. The molecule has 4 nitrogen and oxygen atoms in total. The number of carbonyl (C=O) groups is 2. The number of amides is 2. The third-order valence-corrected chi connectivity index (χ3v) is 7.82. The fourth-order valence-electron chi connectivity index (χ4n) is 4.51. The molecule has 1 spiro atoms. The number of hydrogen-bond donors (Lipinski definition) is 0. The molecule has 2 heterocycles. The first kappa shape index (κ1) is 21.1. The van der Waals surface area contributed by atoms with E-state index in [4.69, 9.17) is 11.6 Å². The smallest absolute Gasteiger partial charge is 0.268 e. The molecule has 5 rings (SSSR count). The summed E-state index contributed by atoms with van der Waals surface area (Å²) in [6.07, 6.45) is 0. The van der Waals surface area contributed by atoms with Crippen molar-refractivity contribution in [2.75, 3.05) is 17.2 Å². The van der Waals surface area contributed by atoms with Gasteiger partial charge in [0.15, 0.2) is 4.87 Å². The molecule has 162 valence electrons. The third-order valence-electron chi connectivity index (χ3n) is 6.15. The summed E-state index contributed by atoms with van der Waals surface area (Å²) in [4.78, 5) is 30.2. The zero-order valence-corrected chi connectivity index (χ0v) is 19.5. The molecule has 1 fully saturated rings. The Morgan fingerprint density at radius 3 is 2.41 bits per heavy atom. The number of nitrogens with zero attached hydrogens (tertiary/aromatic N) is 2. The maximum Gasteiger partial charge on any atom is 0.268 e. The average Bonchev–Trinajstić information content (AvgIpc) is 3.32. The van der Waals surface area contributed by atoms with Gasteiger partial charge in [0.1, 0.15) is 0 Å². The highest BCUT2D eigenvalue weighted by molar-refractivity contribution is 8.01. The van der Waals surface area contributed by atoms with Crippen LogP contribution < -0.4 is 4.90 Å². The Balaban J connectivity index is 1.58. The molecule has 0 aromatic heterocycles. The van der Waals surface area contributed by atoms with Crippen LogP contribution in [0.15, 0.2) is 66.7 Å². The van der Waals surface area contributed by atoms with E-state index in [1.807, 2.05) is 30.9 Å². The van der Waals surface area contributed by atoms with Crippen molar-refractivity contribution in [3.63, 3.8) is 0 Å². The normalized spacial score (nSPS) is 19.7. The van der Waals surface area contributed by atoms with Gasteiger partial charge in [-0.25, -0.2) is 0 Å². The molecule has 0 N–H and O–H groups in total. The summed E-state index contributed by atoms with van der Waals surface area (Å²) in [5, 5.41) is 0.578. The van der Waals surface area contributed by atoms with Crippen molar-refractivity contribution in [2.45, 2.75) is 25.3 Å². The third kappa shape index (κ3) is 3.31. The molecular formula is C26H23ClN2O2S. The van der Waals surface area contributed by atoms with Crippen LogP contribution in [0.3, 0.4) is 0 Å². The van der Waals surface area contributed by atoms with Gasteiger partial charge in [-0.3, -0.25) is 9.59 Å². The molecule has 0 bridgehead atoms. The second-order valence-corrected chi connectivity index (χ2v) is 10.1. The van der Waals surface area contributed by atoms with E-state index in [9.17, 15) is 9.59 Å². The van der Waals surface area contributed by atoms with Crippen molar-refractivity contribution in [1.29, 1.82) is 0 Å². The topological polar surface area (TPSA) is 40.6 Å². The van der Waals surface area contributed by atoms with E-state index in [0.717, 1.165) is 22.4 Å². The predicted octanol–water partition coefficient (Wildman–Crippen LogP) is 5.55. The minimum atomic E-state index is -1.04. The molecule has 2 amide bonds. The minimum Gasteiger partial charge on any atom is -0.311 e. The standard InChI is InChI=1S/C26H23ClN2O2S/c1-17-3-6-19(7-4-17)16-28-23-12-5-18(2)15-22(23)26(25(28)31)29(13-14-32-26)24(30)20-8-10-21(27)11-9-20/h3-12,15H,13-14,16H2,1-2H3/t26-/m0/s1. The summed E-state index contributed by atoms with van der Waals surface area (Å²) >= 11 is 7.57. The zero-order valence-electron chi connectivity index (χ0n) is 18.0. The van der Waals surface area contributed by atoms with Crippen molar-refractivity contribution in [3.8, 4) is 0 Å². The minimum absolute atomic E-state index is 0.0523. The van der Waals surface area contributed by atoms with Crippen LogP contribution in [0.4, 0.5) is 5.69 Å². The number of aryl methyl sites for hydroxylation is 2. The molecule has 6 heteroatoms. The first-order valence-corrected chi connectivity index (χ1v) is 12.0. The number of thioether (sulfide) groups is 1. The van der Waals surface area contributed by atoms with Crippen molar-refractivity contribution >= 4 is 40.9 Å². The van der Waals surface area contributed by atoms with E-state index in [-0.39, 0.29) is 11.8 Å². The van der Waals surface area contributed by atoms with E-state index in [2.05, 4.69) is 30.3 Å². The molecule has 1 atom stereocenters. The van der Waals surface area contributed by atoms with E-state index >= 15 is 0 Å². The van der Waals surface area contributed by atoms with Gasteiger partial charge in [0, 0.05) is 28.4 Å². The van der Waals surface area contributed by atoms with Gasteiger partial charge in [0.05, 0.1) is 12.2 Å². The molecule has 0 aliphatic carbocycles. The van der Waals surface area contributed by atoms with Gasteiger partial charge >= 0.3 is 0 Å². The van der Waals surface area contributed by atoms with Crippen molar-refractivity contribution in [3.05, 3.63) is 99.6 Å². The predicted molar refractivity (Wildman–Crippen MR) is 130 cm³/mol. The number of hydrogen-bond acceptors (Lipinski definition) is 3. The number of rotatable bonds is 3. The van der Waals surface area contributed by atoms with E-state index in [0.29, 0.717) is 29.4 Å². The van der Waals surface area contributed by atoms with Crippen molar-refractivity contribution < 1.29 is 9.59 Å². The average molecular weight is 463 g/mol. The van der Waals surface area contributed by atoms with Crippen LogP contribution in [0.2, 0.25) is 5.02 Å². The summed E-state index contributed by atoms with van der Waals surface area (Å²) in [7, 11) is 0. The van der Waals surface area contributed by atoms with E-state index in [1.54, 1.807) is 40.9 Å². The highest BCUT2D eigenvalue weighted by Crippen LogP contribution is 2.55. The van der Waals surface area contributed by atoms with Gasteiger partial charge in [0.2, 0.25) is 0 Å². The van der Waals surface area contributed by atoms with Gasteiger partial charge < -0.3 is 9.80 Å². The summed E-state index contributed by atoms with van der Waals surface area (Å²) in [5.74, 6) is 0.504. The highest BCUT2D eigenvalue weighted by atomic mass is 35.5. The SMILES string of the molecule is Cc1ccc(CN2C(=O)[C@@]3(SCCN3C(=O)c3ccc(Cl)cc3)c3cc(C)ccc32)cc1. The monoisotopic (exact) mass is 462 g/mol. The summed E-state index contributed by atoms with van der Waals surface area (Å²) in [6.45, 7) is 5.06. The number of fused-ring (bicyclic) bond motifs is 2. The lowest BCUT2D eigenvalue weighted by atomic mass is 10.0. The molecule has 3 aromatic rings. The second kappa shape index (κ2) is 7.98. The zero-order chi connectivity index (χ0) is 22.5. The Kier molecular flexibility index (Phi) is 5.26. The Morgan fingerprint density at radius 2 is 1.69 bits per heavy atom. The van der Waals surface area contributed by atoms with Crippen LogP contribution in [0.5, 0.6) is 0 Å². The quantitative estimate of drug-likeness (QED) is 0.512. The molecule has 0 saturated carbocycles. The Morgan fingerprint density at radius 1 is 1.00 bits per heavy atom. The van der Waals surface area contributed by atoms with Gasteiger partial charge in [-0.15, -0.1) is 11.8 Å². The largest absolute Gasteiger partial charge is 0.311 e. The lowest BCUT2D eigenvalue weighted by Crippen LogP contribution is -2.50. The van der Waals surface area contributed by atoms with Gasteiger partial charge in [-0.2, -0.15) is 0 Å². The summed E-state index contributed by atoms with van der Waals surface area (Å²) < 4.78 is 0. The van der Waals surface area contributed by atoms with Gasteiger partial charge in [0.25, 0.3) is 11.8 Å². The molecule has 0 unspecified atom stereocenters. The molecule has 1 saturated heterocycles. The van der Waals surface area contributed by atoms with Crippen molar-refractivity contribution in [2.24, 2.45) is 0 Å².